The van der Waals surface area contributed by atoms with Crippen LogP contribution in [0, 0.1) is 0 Å². The molecule has 6 nitrogen and oxygen atoms in total. The van der Waals surface area contributed by atoms with Gasteiger partial charge in [0.05, 0.1) is 5.52 Å². The third-order valence-corrected chi connectivity index (χ3v) is 5.69. The van der Waals surface area contributed by atoms with Crippen molar-refractivity contribution in [1.29, 1.82) is 0 Å². The van der Waals surface area contributed by atoms with Crippen molar-refractivity contribution in [3.63, 3.8) is 0 Å². The third-order valence-electron chi connectivity index (χ3n) is 5.69. The first-order chi connectivity index (χ1) is 12.3. The van der Waals surface area contributed by atoms with Gasteiger partial charge in [0, 0.05) is 57.9 Å². The minimum Gasteiger partial charge on any atom is -0.342 e. The molecule has 0 amide bonds. The molecule has 0 aromatic carbocycles. The maximum absolute atomic E-state index is 13.3. The summed E-state index contributed by atoms with van der Waals surface area (Å²) in [5.74, 6) is 1.49. The van der Waals surface area contributed by atoms with E-state index in [0.29, 0.717) is 5.92 Å². The highest BCUT2D eigenvalue weighted by molar-refractivity contribution is 5.74. The molecule has 1 aliphatic heterocycles. The predicted molar refractivity (Wildman–Crippen MR) is 100 cm³/mol. The van der Waals surface area contributed by atoms with Gasteiger partial charge in [-0.05, 0) is 25.3 Å². The number of hydrogen-bond acceptors (Lipinski definition) is 4. The number of fused-ring (bicyclic) bond motifs is 1. The zero-order chi connectivity index (χ0) is 17.2. The summed E-state index contributed by atoms with van der Waals surface area (Å²) in [5, 5.41) is 3.39. The maximum atomic E-state index is 13.3. The van der Waals surface area contributed by atoms with Gasteiger partial charge in [0.25, 0.3) is 5.56 Å². The van der Waals surface area contributed by atoms with Crippen molar-refractivity contribution >= 4 is 11.0 Å². The quantitative estimate of drug-likeness (QED) is 0.869. The molecule has 1 saturated heterocycles. The molecule has 6 heteroatoms. The van der Waals surface area contributed by atoms with E-state index in [2.05, 4.69) is 21.7 Å². The number of rotatable bonds is 6. The molecule has 0 spiro atoms. The summed E-state index contributed by atoms with van der Waals surface area (Å²) in [6.45, 7) is 8.92. The highest BCUT2D eigenvalue weighted by Crippen LogP contribution is 2.35. The lowest BCUT2D eigenvalue weighted by Gasteiger charge is -2.30. The highest BCUT2D eigenvalue weighted by Gasteiger charge is 2.26. The standard InChI is InChI=1S/C19H29N5O/c1-2-9-23-10-6-16-17(23)19(25)24(18(21-16)15-4-3-5-15)14-13-22-11-7-20-8-12-22/h6,10,15,20H,2-5,7-9,11-14H2,1H3. The first-order valence-electron chi connectivity index (χ1n) is 9.80. The van der Waals surface area contributed by atoms with Crippen LogP contribution in [0.4, 0.5) is 0 Å². The molecule has 0 bridgehead atoms. The zero-order valence-electron chi connectivity index (χ0n) is 15.2. The van der Waals surface area contributed by atoms with E-state index in [4.69, 9.17) is 4.98 Å². The molecule has 1 saturated carbocycles. The number of nitrogens with one attached hydrogen (secondary N) is 1. The Balaban J connectivity index is 1.69. The van der Waals surface area contributed by atoms with Gasteiger partial charge in [-0.25, -0.2) is 4.98 Å². The average Bonchev–Trinajstić information content (AvgIpc) is 2.97. The lowest BCUT2D eigenvalue weighted by atomic mass is 9.84. The second-order valence-electron chi connectivity index (χ2n) is 7.39. The van der Waals surface area contributed by atoms with Crippen LogP contribution in [0.2, 0.25) is 0 Å². The Bertz CT molecular complexity index is 783. The van der Waals surface area contributed by atoms with Gasteiger partial charge in [0.1, 0.15) is 11.3 Å². The average molecular weight is 343 g/mol. The summed E-state index contributed by atoms with van der Waals surface area (Å²) in [6, 6.07) is 2.01. The van der Waals surface area contributed by atoms with Gasteiger partial charge in [-0.15, -0.1) is 0 Å². The van der Waals surface area contributed by atoms with Crippen molar-refractivity contribution in [3.8, 4) is 0 Å². The first kappa shape index (κ1) is 16.8. The van der Waals surface area contributed by atoms with E-state index >= 15 is 0 Å². The van der Waals surface area contributed by atoms with E-state index in [0.717, 1.165) is 69.1 Å². The predicted octanol–water partition coefficient (Wildman–Crippen LogP) is 1.78. The fraction of sp³-hybridized carbons (Fsp3) is 0.684. The van der Waals surface area contributed by atoms with Crippen molar-refractivity contribution in [2.24, 2.45) is 0 Å². The van der Waals surface area contributed by atoms with Gasteiger partial charge in [-0.1, -0.05) is 13.3 Å². The second-order valence-corrected chi connectivity index (χ2v) is 7.39. The Kier molecular flexibility index (Phi) is 4.90. The molecule has 0 atom stereocenters. The number of aryl methyl sites for hydroxylation is 1. The fourth-order valence-corrected chi connectivity index (χ4v) is 4.00. The summed E-state index contributed by atoms with van der Waals surface area (Å²) >= 11 is 0. The van der Waals surface area contributed by atoms with Crippen LogP contribution < -0.4 is 10.9 Å². The summed E-state index contributed by atoms with van der Waals surface area (Å²) in [4.78, 5) is 20.7. The molecule has 2 aliphatic rings. The van der Waals surface area contributed by atoms with Crippen LogP contribution >= 0.6 is 0 Å². The molecular formula is C19H29N5O. The Morgan fingerprint density at radius 3 is 2.68 bits per heavy atom. The molecule has 2 aromatic rings. The Morgan fingerprint density at radius 2 is 2.00 bits per heavy atom. The molecule has 0 unspecified atom stereocenters. The second kappa shape index (κ2) is 7.30. The van der Waals surface area contributed by atoms with Crippen molar-refractivity contribution in [1.82, 2.24) is 24.3 Å². The van der Waals surface area contributed by atoms with Crippen LogP contribution in [0.5, 0.6) is 0 Å². The lowest BCUT2D eigenvalue weighted by Crippen LogP contribution is -2.45. The maximum Gasteiger partial charge on any atom is 0.278 e. The van der Waals surface area contributed by atoms with Gasteiger partial charge < -0.3 is 9.88 Å². The van der Waals surface area contributed by atoms with Gasteiger partial charge in [-0.2, -0.15) is 0 Å². The van der Waals surface area contributed by atoms with Crippen LogP contribution in [-0.4, -0.2) is 51.7 Å². The number of hydrogen-bond donors (Lipinski definition) is 1. The molecule has 0 radical (unpaired) electrons. The summed E-state index contributed by atoms with van der Waals surface area (Å²) in [7, 11) is 0. The van der Waals surface area contributed by atoms with E-state index in [1.807, 2.05) is 16.8 Å². The molecule has 1 N–H and O–H groups in total. The SMILES string of the molecule is CCCn1ccc2nc(C3CCC3)n(CCN3CCNCC3)c(=O)c21. The highest BCUT2D eigenvalue weighted by atomic mass is 16.1. The van der Waals surface area contributed by atoms with Crippen LogP contribution in [0.25, 0.3) is 11.0 Å². The van der Waals surface area contributed by atoms with E-state index in [1.165, 1.54) is 19.3 Å². The molecule has 4 rings (SSSR count). The molecule has 136 valence electrons. The Labute approximate surface area is 148 Å². The smallest absolute Gasteiger partial charge is 0.278 e. The lowest BCUT2D eigenvalue weighted by molar-refractivity contribution is 0.228. The zero-order valence-corrected chi connectivity index (χ0v) is 15.2. The first-order valence-corrected chi connectivity index (χ1v) is 9.80. The molecule has 3 heterocycles. The van der Waals surface area contributed by atoms with Crippen molar-refractivity contribution < 1.29 is 0 Å². The van der Waals surface area contributed by atoms with E-state index < -0.39 is 0 Å². The Hall–Kier alpha value is -1.66. The van der Waals surface area contributed by atoms with Crippen LogP contribution in [0.1, 0.15) is 44.3 Å². The van der Waals surface area contributed by atoms with Gasteiger partial charge in [0.15, 0.2) is 0 Å². The fourth-order valence-electron chi connectivity index (χ4n) is 4.00. The van der Waals surface area contributed by atoms with Gasteiger partial charge >= 0.3 is 0 Å². The van der Waals surface area contributed by atoms with Crippen molar-refractivity contribution in [3.05, 3.63) is 28.4 Å². The molecule has 1 aliphatic carbocycles. The van der Waals surface area contributed by atoms with Gasteiger partial charge in [0.2, 0.25) is 0 Å². The molecule has 2 fully saturated rings. The van der Waals surface area contributed by atoms with Crippen molar-refractivity contribution in [2.45, 2.75) is 51.6 Å². The van der Waals surface area contributed by atoms with Crippen LogP contribution in [0.3, 0.4) is 0 Å². The van der Waals surface area contributed by atoms with E-state index in [1.54, 1.807) is 0 Å². The minimum atomic E-state index is 0.153. The Morgan fingerprint density at radius 1 is 1.20 bits per heavy atom. The summed E-state index contributed by atoms with van der Waals surface area (Å²) in [6.07, 6.45) is 6.64. The number of piperazine rings is 1. The van der Waals surface area contributed by atoms with E-state index in [-0.39, 0.29) is 5.56 Å². The monoisotopic (exact) mass is 343 g/mol. The van der Waals surface area contributed by atoms with Crippen LogP contribution in [-0.2, 0) is 13.1 Å². The van der Waals surface area contributed by atoms with Crippen LogP contribution in [0.15, 0.2) is 17.1 Å². The molecule has 2 aromatic heterocycles. The largest absolute Gasteiger partial charge is 0.342 e. The molecule has 25 heavy (non-hydrogen) atoms. The van der Waals surface area contributed by atoms with Crippen molar-refractivity contribution in [2.75, 3.05) is 32.7 Å². The normalized spacial score (nSPS) is 19.4. The summed E-state index contributed by atoms with van der Waals surface area (Å²) in [5.41, 5.74) is 1.81. The number of nitrogens with zero attached hydrogens (tertiary/aromatic N) is 4. The van der Waals surface area contributed by atoms with Gasteiger partial charge in [-0.3, -0.25) is 14.3 Å². The molecular weight excluding hydrogens is 314 g/mol. The summed E-state index contributed by atoms with van der Waals surface area (Å²) < 4.78 is 4.07. The minimum absolute atomic E-state index is 0.153. The number of aromatic nitrogens is 3. The topological polar surface area (TPSA) is 55.1 Å². The van der Waals surface area contributed by atoms with E-state index in [9.17, 15) is 4.79 Å². The third kappa shape index (κ3) is 3.25.